The van der Waals surface area contributed by atoms with Crippen molar-refractivity contribution >= 4 is 44.8 Å². The first-order chi connectivity index (χ1) is 12.2. The Hall–Kier alpha value is -1.84. The maximum absolute atomic E-state index is 12.1. The van der Waals surface area contributed by atoms with Crippen LogP contribution in [-0.4, -0.2) is 36.3 Å². The smallest absolute Gasteiger partial charge is 0.251 e. The van der Waals surface area contributed by atoms with Crippen LogP contribution in [0.1, 0.15) is 19.0 Å². The summed E-state index contributed by atoms with van der Waals surface area (Å²) in [6, 6.07) is 5.52. The molecule has 2 aromatic rings. The number of carbonyl (C=O) groups excluding carboxylic acids is 1. The van der Waals surface area contributed by atoms with Gasteiger partial charge in [0, 0.05) is 18.0 Å². The predicted octanol–water partition coefficient (Wildman–Crippen LogP) is 2.51. The molecule has 7 nitrogen and oxygen atoms in total. The van der Waals surface area contributed by atoms with Crippen LogP contribution in [0, 0.1) is 0 Å². The fourth-order valence-electron chi connectivity index (χ4n) is 2.09. The van der Waals surface area contributed by atoms with Crippen LogP contribution in [0.25, 0.3) is 0 Å². The molecule has 0 spiro atoms. The van der Waals surface area contributed by atoms with Crippen molar-refractivity contribution in [2.45, 2.75) is 29.8 Å². The zero-order chi connectivity index (χ0) is 19.3. The summed E-state index contributed by atoms with van der Waals surface area (Å²) >= 11 is 7.09. The van der Waals surface area contributed by atoms with Crippen molar-refractivity contribution in [2.75, 3.05) is 17.3 Å². The normalized spacial score (nSPS) is 11.3. The highest BCUT2D eigenvalue weighted by molar-refractivity contribution is 7.99. The number of carbonyl (C=O) groups is 1. The third-order valence-electron chi connectivity index (χ3n) is 3.26. The minimum atomic E-state index is -3.41. The summed E-state index contributed by atoms with van der Waals surface area (Å²) in [6.45, 7) is 1.98. The molecule has 2 rings (SSSR count). The Bertz CT molecular complexity index is 974. The lowest BCUT2D eigenvalue weighted by Gasteiger charge is -2.09. The van der Waals surface area contributed by atoms with Crippen LogP contribution < -0.4 is 10.9 Å². The monoisotopic (exact) mass is 415 g/mol. The molecule has 10 heteroatoms. The van der Waals surface area contributed by atoms with E-state index in [1.54, 1.807) is 0 Å². The van der Waals surface area contributed by atoms with E-state index in [4.69, 9.17) is 11.6 Å². The number of aromatic nitrogens is 2. The van der Waals surface area contributed by atoms with Crippen molar-refractivity contribution in [1.82, 2.24) is 9.97 Å². The molecular weight excluding hydrogens is 398 g/mol. The van der Waals surface area contributed by atoms with Gasteiger partial charge in [0.25, 0.3) is 5.56 Å². The van der Waals surface area contributed by atoms with Crippen molar-refractivity contribution in [3.8, 4) is 0 Å². The number of anilines is 1. The van der Waals surface area contributed by atoms with Crippen molar-refractivity contribution < 1.29 is 13.2 Å². The summed E-state index contributed by atoms with van der Waals surface area (Å²) in [4.78, 5) is 30.7. The van der Waals surface area contributed by atoms with Gasteiger partial charge in [0.05, 0.1) is 21.4 Å². The lowest BCUT2D eigenvalue weighted by Crippen LogP contribution is -2.16. The Kier molecular flexibility index (Phi) is 6.85. The molecule has 1 amide bonds. The second-order valence-corrected chi connectivity index (χ2v) is 8.93. The highest BCUT2D eigenvalue weighted by atomic mass is 35.5. The van der Waals surface area contributed by atoms with Crippen LogP contribution in [0.5, 0.6) is 0 Å². The van der Waals surface area contributed by atoms with Gasteiger partial charge in [0.2, 0.25) is 5.91 Å². The topological polar surface area (TPSA) is 109 Å². The third kappa shape index (κ3) is 5.86. The molecule has 0 fully saturated rings. The number of hydrogen-bond acceptors (Lipinski definition) is 6. The number of aryl methyl sites for hydroxylation is 1. The summed E-state index contributed by atoms with van der Waals surface area (Å²) in [5.74, 6) is -0.413. The minimum Gasteiger partial charge on any atom is -0.324 e. The number of aromatic amines is 1. The van der Waals surface area contributed by atoms with Crippen LogP contribution in [0.2, 0.25) is 5.02 Å². The molecule has 0 saturated heterocycles. The van der Waals surface area contributed by atoms with E-state index >= 15 is 0 Å². The molecule has 1 aromatic carbocycles. The van der Waals surface area contributed by atoms with Crippen molar-refractivity contribution in [2.24, 2.45) is 0 Å². The van der Waals surface area contributed by atoms with Crippen LogP contribution in [0.4, 0.5) is 5.69 Å². The molecule has 0 unspecified atom stereocenters. The number of thioether (sulfide) groups is 1. The van der Waals surface area contributed by atoms with Gasteiger partial charge in [0.15, 0.2) is 15.0 Å². The molecule has 2 N–H and O–H groups in total. The largest absolute Gasteiger partial charge is 0.324 e. The van der Waals surface area contributed by atoms with Gasteiger partial charge in [0.1, 0.15) is 0 Å². The average molecular weight is 416 g/mol. The van der Waals surface area contributed by atoms with Crippen LogP contribution in [-0.2, 0) is 21.1 Å². The van der Waals surface area contributed by atoms with E-state index in [2.05, 4.69) is 15.3 Å². The van der Waals surface area contributed by atoms with E-state index in [9.17, 15) is 18.0 Å². The molecule has 140 valence electrons. The van der Waals surface area contributed by atoms with E-state index in [1.165, 1.54) is 24.3 Å². The quantitative estimate of drug-likeness (QED) is 0.531. The van der Waals surface area contributed by atoms with E-state index in [1.807, 2.05) is 6.92 Å². The third-order valence-corrected chi connectivity index (χ3v) is 5.57. The van der Waals surface area contributed by atoms with Crippen molar-refractivity contribution in [3.05, 3.63) is 45.3 Å². The van der Waals surface area contributed by atoms with E-state index in [-0.39, 0.29) is 26.9 Å². The number of halogens is 1. The number of H-pyrrole nitrogens is 1. The number of sulfone groups is 1. The molecule has 0 saturated carbocycles. The zero-order valence-electron chi connectivity index (χ0n) is 14.2. The molecule has 0 atom stereocenters. The second-order valence-electron chi connectivity index (χ2n) is 5.54. The second kappa shape index (κ2) is 8.70. The molecule has 0 aliphatic carbocycles. The fraction of sp³-hybridized carbons (Fsp3) is 0.312. The van der Waals surface area contributed by atoms with Gasteiger partial charge in [-0.3, -0.25) is 9.59 Å². The molecule has 26 heavy (non-hydrogen) atoms. The first-order valence-corrected chi connectivity index (χ1v) is 11.0. The van der Waals surface area contributed by atoms with E-state index in [0.29, 0.717) is 17.3 Å². The number of rotatable bonds is 7. The SMILES string of the molecule is CCCc1cc(=O)[nH]c(SCC(=O)Nc2cc(S(C)(=O)=O)ccc2Cl)n1. The number of hydrogen-bond donors (Lipinski definition) is 2. The van der Waals surface area contributed by atoms with Gasteiger partial charge in [-0.2, -0.15) is 0 Å². The first kappa shape index (κ1) is 20.5. The van der Waals surface area contributed by atoms with Crippen LogP contribution in [0.3, 0.4) is 0 Å². The van der Waals surface area contributed by atoms with Crippen molar-refractivity contribution in [3.63, 3.8) is 0 Å². The number of amides is 1. The molecule has 1 heterocycles. The Morgan fingerprint density at radius 2 is 2.08 bits per heavy atom. The Morgan fingerprint density at radius 3 is 2.73 bits per heavy atom. The van der Waals surface area contributed by atoms with E-state index in [0.717, 1.165) is 24.4 Å². The molecule has 0 aliphatic rings. The number of nitrogens with zero attached hydrogens (tertiary/aromatic N) is 1. The van der Waals surface area contributed by atoms with Gasteiger partial charge in [-0.15, -0.1) is 0 Å². The molecule has 1 aromatic heterocycles. The maximum Gasteiger partial charge on any atom is 0.251 e. The maximum atomic E-state index is 12.1. The lowest BCUT2D eigenvalue weighted by atomic mass is 10.2. The zero-order valence-corrected chi connectivity index (χ0v) is 16.6. The van der Waals surface area contributed by atoms with Gasteiger partial charge >= 0.3 is 0 Å². The summed E-state index contributed by atoms with van der Waals surface area (Å²) in [6.07, 6.45) is 2.61. The first-order valence-electron chi connectivity index (χ1n) is 7.71. The number of benzene rings is 1. The number of nitrogens with one attached hydrogen (secondary N) is 2. The summed E-state index contributed by atoms with van der Waals surface area (Å²) in [5.41, 5.74) is 0.611. The van der Waals surface area contributed by atoms with Gasteiger partial charge in [-0.25, -0.2) is 13.4 Å². The van der Waals surface area contributed by atoms with Gasteiger partial charge < -0.3 is 10.3 Å². The summed E-state index contributed by atoms with van der Waals surface area (Å²) in [5, 5.41) is 3.15. The average Bonchev–Trinajstić information content (AvgIpc) is 2.54. The predicted molar refractivity (Wildman–Crippen MR) is 103 cm³/mol. The lowest BCUT2D eigenvalue weighted by molar-refractivity contribution is -0.113. The summed E-state index contributed by atoms with van der Waals surface area (Å²) < 4.78 is 23.2. The van der Waals surface area contributed by atoms with Crippen LogP contribution >= 0.6 is 23.4 Å². The Balaban J connectivity index is 2.07. The molecule has 0 radical (unpaired) electrons. The Morgan fingerprint density at radius 1 is 1.35 bits per heavy atom. The van der Waals surface area contributed by atoms with Crippen LogP contribution in [0.15, 0.2) is 39.1 Å². The minimum absolute atomic E-state index is 0.0159. The fourth-order valence-corrected chi connectivity index (χ4v) is 3.59. The summed E-state index contributed by atoms with van der Waals surface area (Å²) in [7, 11) is -3.41. The van der Waals surface area contributed by atoms with Gasteiger partial charge in [-0.05, 0) is 24.6 Å². The molecule has 0 aliphatic heterocycles. The van der Waals surface area contributed by atoms with E-state index < -0.39 is 15.7 Å². The Labute approximate surface area is 160 Å². The standard InChI is InChI=1S/C16H18ClN3O4S2/c1-3-4-10-7-14(21)20-16(18-10)25-9-15(22)19-13-8-11(26(2,23)24)5-6-12(13)17/h5-8H,3-4,9H2,1-2H3,(H,19,22)(H,18,20,21). The molecule has 0 bridgehead atoms. The highest BCUT2D eigenvalue weighted by Gasteiger charge is 2.13. The van der Waals surface area contributed by atoms with Crippen molar-refractivity contribution in [1.29, 1.82) is 0 Å². The highest BCUT2D eigenvalue weighted by Crippen LogP contribution is 2.25. The van der Waals surface area contributed by atoms with Gasteiger partial charge in [-0.1, -0.05) is 36.7 Å². The molecular formula is C16H18ClN3O4S2.